The molecule has 3 aromatic rings. The van der Waals surface area contributed by atoms with Gasteiger partial charge in [-0.05, 0) is 41.3 Å². The summed E-state index contributed by atoms with van der Waals surface area (Å²) < 4.78 is 14.2. The second kappa shape index (κ2) is 5.43. The zero-order chi connectivity index (χ0) is 15.0. The number of benzene rings is 2. The van der Waals surface area contributed by atoms with E-state index in [0.717, 1.165) is 10.1 Å². The molecule has 0 atom stereocenters. The zero-order valence-corrected chi connectivity index (χ0v) is 12.5. The van der Waals surface area contributed by atoms with Gasteiger partial charge in [0, 0.05) is 15.3 Å². The lowest BCUT2D eigenvalue weighted by Gasteiger charge is -2.03. The summed E-state index contributed by atoms with van der Waals surface area (Å²) in [6, 6.07) is 13.2. The number of allylic oxidation sites excluding steroid dienone is 1. The van der Waals surface area contributed by atoms with Crippen LogP contribution in [0.5, 0.6) is 0 Å². The molecule has 0 spiro atoms. The SMILES string of the molecule is C=C(C(=O)c1cc2ccc(Cl)cc2s1)c1cccc(F)c1. The maximum Gasteiger partial charge on any atom is 0.202 e. The molecule has 0 fully saturated rings. The number of rotatable bonds is 3. The minimum atomic E-state index is -0.385. The number of thiophene rings is 1. The minimum Gasteiger partial charge on any atom is -0.288 e. The maximum atomic E-state index is 13.2. The Morgan fingerprint density at radius 3 is 2.71 bits per heavy atom. The van der Waals surface area contributed by atoms with E-state index in [1.165, 1.54) is 23.5 Å². The van der Waals surface area contributed by atoms with E-state index < -0.39 is 0 Å². The molecule has 4 heteroatoms. The third kappa shape index (κ3) is 2.75. The molecule has 0 unspecified atom stereocenters. The average Bonchev–Trinajstić information content (AvgIpc) is 2.88. The lowest BCUT2D eigenvalue weighted by atomic mass is 10.0. The van der Waals surface area contributed by atoms with Crippen LogP contribution in [0.3, 0.4) is 0 Å². The average molecular weight is 317 g/mol. The predicted octanol–water partition coefficient (Wildman–Crippen LogP) is 5.59. The molecule has 0 N–H and O–H groups in total. The van der Waals surface area contributed by atoms with Gasteiger partial charge in [0.2, 0.25) is 5.78 Å². The smallest absolute Gasteiger partial charge is 0.202 e. The summed E-state index contributed by atoms with van der Waals surface area (Å²) in [5.41, 5.74) is 0.780. The molecular formula is C17H10ClFOS. The van der Waals surface area contributed by atoms with Crippen LogP contribution in [0.2, 0.25) is 5.02 Å². The lowest BCUT2D eigenvalue weighted by Crippen LogP contribution is -1.99. The molecule has 2 aromatic carbocycles. The van der Waals surface area contributed by atoms with Crippen molar-refractivity contribution in [3.05, 3.63) is 76.4 Å². The van der Waals surface area contributed by atoms with E-state index in [4.69, 9.17) is 11.6 Å². The number of hydrogen-bond acceptors (Lipinski definition) is 2. The van der Waals surface area contributed by atoms with Gasteiger partial charge in [-0.25, -0.2) is 4.39 Å². The van der Waals surface area contributed by atoms with E-state index in [1.54, 1.807) is 18.2 Å². The van der Waals surface area contributed by atoms with Gasteiger partial charge >= 0.3 is 0 Å². The van der Waals surface area contributed by atoms with Crippen LogP contribution in [-0.4, -0.2) is 5.78 Å². The van der Waals surface area contributed by atoms with Crippen molar-refractivity contribution in [2.24, 2.45) is 0 Å². The van der Waals surface area contributed by atoms with Gasteiger partial charge in [-0.15, -0.1) is 11.3 Å². The molecule has 0 aliphatic rings. The van der Waals surface area contributed by atoms with E-state index >= 15 is 0 Å². The van der Waals surface area contributed by atoms with Crippen LogP contribution in [0.25, 0.3) is 15.7 Å². The quantitative estimate of drug-likeness (QED) is 0.454. The monoisotopic (exact) mass is 316 g/mol. The normalized spacial score (nSPS) is 10.8. The van der Waals surface area contributed by atoms with Crippen LogP contribution in [0.4, 0.5) is 4.39 Å². The van der Waals surface area contributed by atoms with Gasteiger partial charge < -0.3 is 0 Å². The van der Waals surface area contributed by atoms with E-state index in [-0.39, 0.29) is 17.2 Å². The standard InChI is InChI=1S/C17H10ClFOS/c1-10(11-3-2-4-14(19)7-11)17(20)16-8-12-5-6-13(18)9-15(12)21-16/h2-9H,1H2. The van der Waals surface area contributed by atoms with Crippen LogP contribution in [0.1, 0.15) is 15.2 Å². The van der Waals surface area contributed by atoms with Crippen LogP contribution in [-0.2, 0) is 0 Å². The molecule has 0 amide bonds. The van der Waals surface area contributed by atoms with Gasteiger partial charge in [0.15, 0.2) is 0 Å². The fourth-order valence-corrected chi connectivity index (χ4v) is 3.38. The van der Waals surface area contributed by atoms with E-state index in [2.05, 4.69) is 6.58 Å². The third-order valence-electron chi connectivity index (χ3n) is 3.15. The van der Waals surface area contributed by atoms with Gasteiger partial charge in [0.1, 0.15) is 5.82 Å². The summed E-state index contributed by atoms with van der Waals surface area (Å²) >= 11 is 7.30. The van der Waals surface area contributed by atoms with Gasteiger partial charge in [-0.1, -0.05) is 36.4 Å². The molecule has 0 bridgehead atoms. The number of hydrogen-bond donors (Lipinski definition) is 0. The number of Topliss-reactive ketones (excluding diaryl/α,β-unsaturated/α-hetero) is 1. The first kappa shape index (κ1) is 14.0. The van der Waals surface area contributed by atoms with Crippen molar-refractivity contribution in [2.75, 3.05) is 0 Å². The van der Waals surface area contributed by atoms with Gasteiger partial charge in [0.05, 0.1) is 4.88 Å². The summed E-state index contributed by atoms with van der Waals surface area (Å²) in [6.07, 6.45) is 0. The fourth-order valence-electron chi connectivity index (χ4n) is 2.07. The van der Waals surface area contributed by atoms with Crippen molar-refractivity contribution in [2.45, 2.75) is 0 Å². The van der Waals surface area contributed by atoms with Crippen molar-refractivity contribution >= 4 is 44.4 Å². The number of fused-ring (bicyclic) bond motifs is 1. The van der Waals surface area contributed by atoms with E-state index in [1.807, 2.05) is 18.2 Å². The van der Waals surface area contributed by atoms with Gasteiger partial charge in [-0.2, -0.15) is 0 Å². The molecule has 0 saturated carbocycles. The topological polar surface area (TPSA) is 17.1 Å². The van der Waals surface area contributed by atoms with Crippen LogP contribution in [0, 0.1) is 5.82 Å². The van der Waals surface area contributed by atoms with Crippen molar-refractivity contribution in [3.8, 4) is 0 Å². The molecule has 104 valence electrons. The largest absolute Gasteiger partial charge is 0.288 e. The van der Waals surface area contributed by atoms with Crippen molar-refractivity contribution in [3.63, 3.8) is 0 Å². The van der Waals surface area contributed by atoms with Gasteiger partial charge in [0.25, 0.3) is 0 Å². The first-order valence-electron chi connectivity index (χ1n) is 6.23. The molecule has 3 rings (SSSR count). The van der Waals surface area contributed by atoms with Crippen LogP contribution >= 0.6 is 22.9 Å². The number of carbonyl (C=O) groups is 1. The van der Waals surface area contributed by atoms with E-state index in [9.17, 15) is 9.18 Å². The van der Waals surface area contributed by atoms with Crippen molar-refractivity contribution in [1.82, 2.24) is 0 Å². The zero-order valence-electron chi connectivity index (χ0n) is 10.9. The molecule has 21 heavy (non-hydrogen) atoms. The highest BCUT2D eigenvalue weighted by Gasteiger charge is 2.15. The highest BCUT2D eigenvalue weighted by atomic mass is 35.5. The summed E-state index contributed by atoms with van der Waals surface area (Å²) in [5.74, 6) is -0.581. The molecule has 1 aromatic heterocycles. The Bertz CT molecular complexity index is 866. The molecule has 1 heterocycles. The number of carbonyl (C=O) groups excluding carboxylic acids is 1. The molecule has 0 saturated heterocycles. The van der Waals surface area contributed by atoms with Gasteiger partial charge in [-0.3, -0.25) is 4.79 Å². The Hall–Kier alpha value is -1.97. The van der Waals surface area contributed by atoms with Crippen LogP contribution < -0.4 is 0 Å². The molecule has 1 nitrogen and oxygen atoms in total. The third-order valence-corrected chi connectivity index (χ3v) is 4.48. The minimum absolute atomic E-state index is 0.196. The summed E-state index contributed by atoms with van der Waals surface area (Å²) in [5, 5.41) is 1.59. The second-order valence-electron chi connectivity index (χ2n) is 4.61. The first-order chi connectivity index (χ1) is 10.0. The predicted molar refractivity (Wildman–Crippen MR) is 86.6 cm³/mol. The highest BCUT2D eigenvalue weighted by molar-refractivity contribution is 7.21. The molecule has 0 radical (unpaired) electrons. The first-order valence-corrected chi connectivity index (χ1v) is 7.43. The Kier molecular flexibility index (Phi) is 3.62. The Morgan fingerprint density at radius 2 is 1.95 bits per heavy atom. The van der Waals surface area contributed by atoms with Crippen molar-refractivity contribution in [1.29, 1.82) is 0 Å². The summed E-state index contributed by atoms with van der Waals surface area (Å²) in [4.78, 5) is 13.0. The Balaban J connectivity index is 1.98. The fraction of sp³-hybridized carbons (Fsp3) is 0. The summed E-state index contributed by atoms with van der Waals surface area (Å²) in [7, 11) is 0. The number of halogens is 2. The summed E-state index contributed by atoms with van der Waals surface area (Å²) in [6.45, 7) is 3.79. The Morgan fingerprint density at radius 1 is 1.14 bits per heavy atom. The lowest BCUT2D eigenvalue weighted by molar-refractivity contribution is 0.106. The Labute approximate surface area is 130 Å². The molecule has 0 aliphatic heterocycles. The van der Waals surface area contributed by atoms with E-state index in [0.29, 0.717) is 15.5 Å². The molecular weight excluding hydrogens is 307 g/mol. The second-order valence-corrected chi connectivity index (χ2v) is 6.13. The maximum absolute atomic E-state index is 13.2. The number of ketones is 1. The molecule has 0 aliphatic carbocycles. The highest BCUT2D eigenvalue weighted by Crippen LogP contribution is 2.31. The van der Waals surface area contributed by atoms with Crippen molar-refractivity contribution < 1.29 is 9.18 Å². The van der Waals surface area contributed by atoms with Crippen LogP contribution in [0.15, 0.2) is 55.1 Å².